The summed E-state index contributed by atoms with van der Waals surface area (Å²) in [4.78, 5) is 25.6. The molecule has 1 amide bonds. The maximum Gasteiger partial charge on any atom is 0.255 e. The van der Waals surface area contributed by atoms with Gasteiger partial charge in [-0.15, -0.1) is 0 Å². The zero-order valence-electron chi connectivity index (χ0n) is 21.7. The third kappa shape index (κ3) is 4.98. The van der Waals surface area contributed by atoms with E-state index in [1.165, 1.54) is 5.56 Å². The van der Waals surface area contributed by atoms with E-state index in [4.69, 9.17) is 9.72 Å². The largest absolute Gasteiger partial charge is 0.381 e. The topological polar surface area (TPSA) is 104 Å². The molecule has 0 atom stereocenters. The van der Waals surface area contributed by atoms with Crippen LogP contribution < -0.4 is 5.32 Å². The van der Waals surface area contributed by atoms with Crippen LogP contribution in [0.2, 0.25) is 0 Å². The first-order chi connectivity index (χ1) is 17.7. The van der Waals surface area contributed by atoms with Gasteiger partial charge in [0.25, 0.3) is 5.91 Å². The molecule has 1 aliphatic heterocycles. The van der Waals surface area contributed by atoms with Crippen LogP contribution in [0.1, 0.15) is 65.6 Å². The predicted octanol–water partition coefficient (Wildman–Crippen LogP) is 6.19. The Balaban J connectivity index is 1.51. The minimum absolute atomic E-state index is 0.246. The number of anilines is 1. The molecule has 2 aromatic carbocycles. The molecule has 1 fully saturated rings. The van der Waals surface area contributed by atoms with Gasteiger partial charge in [-0.1, -0.05) is 6.07 Å². The summed E-state index contributed by atoms with van der Waals surface area (Å²) in [5.74, 6) is 1.07. The van der Waals surface area contributed by atoms with Crippen molar-refractivity contribution in [3.05, 3.63) is 76.9 Å². The number of aryl methyl sites for hydroxylation is 2. The van der Waals surface area contributed by atoms with Gasteiger partial charge in [-0.3, -0.25) is 9.78 Å². The standard InChI is InChI=1S/C30H31N5O2/c1-18-5-6-23(35-29(36)21-7-10-32-27(15-21)30(3,4)17-31)16-24(18)25-13-22(20-8-11-37-12-9-20)14-26-28(25)34-19(2)33-26/h5-7,10,13-16,20H,8-9,11-12H2,1-4H3,(H,33,34)(H,35,36). The van der Waals surface area contributed by atoms with Gasteiger partial charge >= 0.3 is 0 Å². The number of nitrogens with one attached hydrogen (secondary N) is 2. The van der Waals surface area contributed by atoms with Gasteiger partial charge in [-0.05, 0) is 99.5 Å². The SMILES string of the molecule is Cc1nc2c(-c3cc(NC(=O)c4ccnc(C(C)(C)C#N)c4)ccc3C)cc(C3CCOCC3)cc2[nH]1. The van der Waals surface area contributed by atoms with E-state index < -0.39 is 5.41 Å². The molecule has 3 heterocycles. The van der Waals surface area contributed by atoms with Crippen molar-refractivity contribution in [3.8, 4) is 17.2 Å². The number of ether oxygens (including phenoxy) is 1. The van der Waals surface area contributed by atoms with E-state index in [0.29, 0.717) is 22.9 Å². The summed E-state index contributed by atoms with van der Waals surface area (Å²) >= 11 is 0. The Kier molecular flexibility index (Phi) is 6.53. The molecular formula is C30H31N5O2. The highest BCUT2D eigenvalue weighted by atomic mass is 16.5. The van der Waals surface area contributed by atoms with Crippen LogP contribution in [0.15, 0.2) is 48.7 Å². The fraction of sp³-hybridized carbons (Fsp3) is 0.333. The molecule has 0 aliphatic carbocycles. The van der Waals surface area contributed by atoms with Gasteiger partial charge in [-0.25, -0.2) is 4.98 Å². The quantitative estimate of drug-likeness (QED) is 0.345. The van der Waals surface area contributed by atoms with Gasteiger partial charge in [0, 0.05) is 36.2 Å². The summed E-state index contributed by atoms with van der Waals surface area (Å²) < 4.78 is 5.59. The molecule has 0 spiro atoms. The van der Waals surface area contributed by atoms with Crippen LogP contribution in [0.25, 0.3) is 22.2 Å². The zero-order valence-corrected chi connectivity index (χ0v) is 21.7. The van der Waals surface area contributed by atoms with Gasteiger partial charge in [0.1, 0.15) is 5.82 Å². The Morgan fingerprint density at radius 1 is 1.11 bits per heavy atom. The van der Waals surface area contributed by atoms with Gasteiger partial charge in [0.2, 0.25) is 0 Å². The van der Waals surface area contributed by atoms with E-state index in [1.807, 2.05) is 25.1 Å². The second-order valence-corrected chi connectivity index (χ2v) is 10.3. The van der Waals surface area contributed by atoms with Crippen LogP contribution in [0.5, 0.6) is 0 Å². The molecule has 7 nitrogen and oxygen atoms in total. The van der Waals surface area contributed by atoms with Crippen LogP contribution in [0.3, 0.4) is 0 Å². The van der Waals surface area contributed by atoms with E-state index in [1.54, 1.807) is 32.2 Å². The molecule has 1 aliphatic rings. The van der Waals surface area contributed by atoms with Crippen molar-refractivity contribution in [1.29, 1.82) is 5.26 Å². The number of pyridine rings is 1. The number of hydrogen-bond acceptors (Lipinski definition) is 5. The highest BCUT2D eigenvalue weighted by Crippen LogP contribution is 2.37. The van der Waals surface area contributed by atoms with Crippen LogP contribution in [-0.4, -0.2) is 34.1 Å². The van der Waals surface area contributed by atoms with Gasteiger partial charge < -0.3 is 15.0 Å². The highest BCUT2D eigenvalue weighted by Gasteiger charge is 2.23. The van der Waals surface area contributed by atoms with Crippen molar-refractivity contribution in [2.75, 3.05) is 18.5 Å². The number of amides is 1. The molecule has 37 heavy (non-hydrogen) atoms. The maximum absolute atomic E-state index is 13.1. The number of imidazole rings is 1. The van der Waals surface area contributed by atoms with E-state index in [0.717, 1.165) is 59.6 Å². The fourth-order valence-corrected chi connectivity index (χ4v) is 4.90. The average Bonchev–Trinajstić information content (AvgIpc) is 3.30. The summed E-state index contributed by atoms with van der Waals surface area (Å²) in [5, 5.41) is 12.5. The summed E-state index contributed by atoms with van der Waals surface area (Å²) in [7, 11) is 0. The molecule has 2 N–H and O–H groups in total. The Morgan fingerprint density at radius 3 is 2.65 bits per heavy atom. The Morgan fingerprint density at radius 2 is 1.89 bits per heavy atom. The number of hydrogen-bond donors (Lipinski definition) is 2. The van der Waals surface area contributed by atoms with E-state index in [9.17, 15) is 10.1 Å². The first kappa shape index (κ1) is 24.7. The minimum atomic E-state index is -0.782. The summed E-state index contributed by atoms with van der Waals surface area (Å²) in [6.45, 7) is 9.18. The molecular weight excluding hydrogens is 462 g/mol. The van der Waals surface area contributed by atoms with Crippen molar-refractivity contribution in [2.45, 2.75) is 51.9 Å². The number of carbonyl (C=O) groups is 1. The number of nitrogens with zero attached hydrogens (tertiary/aromatic N) is 3. The van der Waals surface area contributed by atoms with Crippen LogP contribution in [0, 0.1) is 25.2 Å². The number of rotatable bonds is 5. The third-order valence-electron chi connectivity index (χ3n) is 7.15. The second kappa shape index (κ2) is 9.79. The molecule has 0 unspecified atom stereocenters. The molecule has 4 aromatic rings. The second-order valence-electron chi connectivity index (χ2n) is 10.3. The van der Waals surface area contributed by atoms with Crippen molar-refractivity contribution in [3.63, 3.8) is 0 Å². The predicted molar refractivity (Wildman–Crippen MR) is 145 cm³/mol. The summed E-state index contributed by atoms with van der Waals surface area (Å²) in [6.07, 6.45) is 3.58. The van der Waals surface area contributed by atoms with Gasteiger partial charge in [0.05, 0.1) is 28.2 Å². The van der Waals surface area contributed by atoms with E-state index >= 15 is 0 Å². The lowest BCUT2D eigenvalue weighted by Crippen LogP contribution is -2.18. The van der Waals surface area contributed by atoms with Crippen LogP contribution >= 0.6 is 0 Å². The molecule has 1 saturated heterocycles. The number of aromatic amines is 1. The van der Waals surface area contributed by atoms with E-state index in [-0.39, 0.29) is 5.91 Å². The fourth-order valence-electron chi connectivity index (χ4n) is 4.90. The Labute approximate surface area is 216 Å². The third-order valence-corrected chi connectivity index (χ3v) is 7.15. The van der Waals surface area contributed by atoms with Crippen LogP contribution in [0.4, 0.5) is 5.69 Å². The Hall–Kier alpha value is -4.02. The van der Waals surface area contributed by atoms with Crippen molar-refractivity contribution in [2.24, 2.45) is 0 Å². The number of carbonyl (C=O) groups excluding carboxylic acids is 1. The first-order valence-electron chi connectivity index (χ1n) is 12.6. The number of aromatic nitrogens is 3. The molecule has 188 valence electrons. The number of H-pyrrole nitrogens is 1. The molecule has 2 aromatic heterocycles. The molecule has 7 heteroatoms. The smallest absolute Gasteiger partial charge is 0.255 e. The van der Waals surface area contributed by atoms with Crippen molar-refractivity contribution < 1.29 is 9.53 Å². The minimum Gasteiger partial charge on any atom is -0.381 e. The average molecular weight is 494 g/mol. The lowest BCUT2D eigenvalue weighted by atomic mass is 9.88. The molecule has 0 saturated carbocycles. The molecule has 5 rings (SSSR count). The van der Waals surface area contributed by atoms with Crippen molar-refractivity contribution >= 4 is 22.6 Å². The van der Waals surface area contributed by atoms with Gasteiger partial charge in [0.15, 0.2) is 0 Å². The monoisotopic (exact) mass is 493 g/mol. The maximum atomic E-state index is 13.1. The lowest BCUT2D eigenvalue weighted by molar-refractivity contribution is 0.0853. The number of fused-ring (bicyclic) bond motifs is 1. The van der Waals surface area contributed by atoms with Crippen LogP contribution in [-0.2, 0) is 10.2 Å². The zero-order chi connectivity index (χ0) is 26.2. The Bertz CT molecular complexity index is 1520. The molecule has 0 bridgehead atoms. The normalized spacial score (nSPS) is 14.5. The summed E-state index contributed by atoms with van der Waals surface area (Å²) in [5.41, 5.74) is 7.36. The lowest BCUT2D eigenvalue weighted by Gasteiger charge is -2.23. The number of nitriles is 1. The summed E-state index contributed by atoms with van der Waals surface area (Å²) in [6, 6.07) is 16.0. The highest BCUT2D eigenvalue weighted by molar-refractivity contribution is 6.05. The van der Waals surface area contributed by atoms with E-state index in [2.05, 4.69) is 40.4 Å². The van der Waals surface area contributed by atoms with Gasteiger partial charge in [-0.2, -0.15) is 5.26 Å². The molecule has 0 radical (unpaired) electrons. The number of benzene rings is 2. The first-order valence-corrected chi connectivity index (χ1v) is 12.6. The van der Waals surface area contributed by atoms with Crippen molar-refractivity contribution in [1.82, 2.24) is 15.0 Å².